The summed E-state index contributed by atoms with van der Waals surface area (Å²) in [5, 5.41) is 5.75. The maximum Gasteiger partial charge on any atom is 0.242 e. The third kappa shape index (κ3) is 7.25. The highest BCUT2D eigenvalue weighted by Crippen LogP contribution is 2.06. The van der Waals surface area contributed by atoms with Crippen LogP contribution in [-0.2, 0) is 16.0 Å². The molecule has 1 atom stereocenters. The van der Waals surface area contributed by atoms with Crippen LogP contribution in [0.2, 0.25) is 0 Å². The van der Waals surface area contributed by atoms with Crippen LogP contribution in [0.1, 0.15) is 45.6 Å². The lowest BCUT2D eigenvalue weighted by Gasteiger charge is -2.18. The van der Waals surface area contributed by atoms with E-state index in [2.05, 4.69) is 24.5 Å². The molecule has 0 bridgehead atoms. The van der Waals surface area contributed by atoms with E-state index in [-0.39, 0.29) is 11.8 Å². The zero-order valence-corrected chi connectivity index (χ0v) is 13.9. The molecule has 0 aliphatic rings. The summed E-state index contributed by atoms with van der Waals surface area (Å²) in [6, 6.07) is 9.55. The molecule has 0 spiro atoms. The van der Waals surface area contributed by atoms with Gasteiger partial charge in [-0.25, -0.2) is 0 Å². The first-order valence-electron chi connectivity index (χ1n) is 8.14. The van der Waals surface area contributed by atoms with E-state index in [9.17, 15) is 9.59 Å². The molecular weight excluding hydrogens is 276 g/mol. The van der Waals surface area contributed by atoms with Crippen molar-refractivity contribution in [2.24, 2.45) is 5.92 Å². The van der Waals surface area contributed by atoms with E-state index < -0.39 is 6.04 Å². The Bertz CT molecular complexity index is 457. The largest absolute Gasteiger partial charge is 0.354 e. The van der Waals surface area contributed by atoms with Crippen LogP contribution in [-0.4, -0.2) is 24.4 Å². The quantitative estimate of drug-likeness (QED) is 0.737. The molecule has 0 unspecified atom stereocenters. The van der Waals surface area contributed by atoms with Crippen molar-refractivity contribution in [1.82, 2.24) is 10.6 Å². The van der Waals surface area contributed by atoms with Crippen LogP contribution in [0.5, 0.6) is 0 Å². The molecule has 1 aromatic rings. The van der Waals surface area contributed by atoms with E-state index in [1.807, 2.05) is 30.3 Å². The summed E-state index contributed by atoms with van der Waals surface area (Å²) in [4.78, 5) is 23.9. The Morgan fingerprint density at radius 2 is 1.77 bits per heavy atom. The fourth-order valence-electron chi connectivity index (χ4n) is 2.13. The highest BCUT2D eigenvalue weighted by Gasteiger charge is 2.19. The van der Waals surface area contributed by atoms with Gasteiger partial charge in [0.15, 0.2) is 0 Å². The number of nitrogens with one attached hydrogen (secondary N) is 2. The summed E-state index contributed by atoms with van der Waals surface area (Å²) >= 11 is 0. The number of aryl methyl sites for hydroxylation is 1. The molecule has 2 amide bonds. The highest BCUT2D eigenvalue weighted by atomic mass is 16.2. The average Bonchev–Trinajstić information content (AvgIpc) is 2.51. The molecule has 0 radical (unpaired) electrons. The number of carbonyl (C=O) groups is 2. The number of amides is 2. The normalized spacial score (nSPS) is 12.0. The fourth-order valence-corrected chi connectivity index (χ4v) is 2.13. The van der Waals surface area contributed by atoms with Crippen LogP contribution in [0.25, 0.3) is 0 Å². The monoisotopic (exact) mass is 304 g/mol. The van der Waals surface area contributed by atoms with E-state index in [1.165, 1.54) is 5.56 Å². The van der Waals surface area contributed by atoms with Gasteiger partial charge in [-0.2, -0.15) is 0 Å². The highest BCUT2D eigenvalue weighted by molar-refractivity contribution is 5.87. The van der Waals surface area contributed by atoms with Crippen LogP contribution < -0.4 is 10.6 Å². The Morgan fingerprint density at radius 1 is 1.09 bits per heavy atom. The topological polar surface area (TPSA) is 58.2 Å². The Hall–Kier alpha value is -1.84. The van der Waals surface area contributed by atoms with Crippen LogP contribution >= 0.6 is 0 Å². The minimum atomic E-state index is -0.459. The lowest BCUT2D eigenvalue weighted by molar-refractivity contribution is -0.129. The molecule has 22 heavy (non-hydrogen) atoms. The van der Waals surface area contributed by atoms with Gasteiger partial charge in [0, 0.05) is 13.0 Å². The number of hydrogen-bond donors (Lipinski definition) is 2. The maximum atomic E-state index is 12.3. The molecule has 0 saturated heterocycles. The van der Waals surface area contributed by atoms with E-state index in [1.54, 1.807) is 6.92 Å². The van der Waals surface area contributed by atoms with Crippen molar-refractivity contribution in [2.75, 3.05) is 6.54 Å². The van der Waals surface area contributed by atoms with Crippen molar-refractivity contribution in [3.05, 3.63) is 35.9 Å². The molecule has 4 nitrogen and oxygen atoms in total. The molecule has 2 N–H and O–H groups in total. The summed E-state index contributed by atoms with van der Waals surface area (Å²) in [5.41, 5.74) is 1.17. The second-order valence-corrected chi connectivity index (χ2v) is 5.97. The van der Waals surface area contributed by atoms with E-state index in [4.69, 9.17) is 0 Å². The molecule has 0 saturated carbocycles. The zero-order chi connectivity index (χ0) is 16.4. The second kappa shape index (κ2) is 9.98. The van der Waals surface area contributed by atoms with Crippen LogP contribution in [0.4, 0.5) is 0 Å². The predicted octanol–water partition coefficient (Wildman–Crippen LogP) is 2.68. The first kappa shape index (κ1) is 18.2. The van der Waals surface area contributed by atoms with Crippen LogP contribution in [0.15, 0.2) is 30.3 Å². The van der Waals surface area contributed by atoms with Gasteiger partial charge in [-0.05, 0) is 30.7 Å². The summed E-state index contributed by atoms with van der Waals surface area (Å²) in [7, 11) is 0. The third-order valence-electron chi connectivity index (χ3n) is 3.56. The Morgan fingerprint density at radius 3 is 2.36 bits per heavy atom. The molecule has 0 heterocycles. The molecule has 0 aliphatic carbocycles. The van der Waals surface area contributed by atoms with Crippen molar-refractivity contribution in [2.45, 2.75) is 52.5 Å². The van der Waals surface area contributed by atoms with Crippen LogP contribution in [0.3, 0.4) is 0 Å². The number of hydrogen-bond acceptors (Lipinski definition) is 2. The van der Waals surface area contributed by atoms with E-state index >= 15 is 0 Å². The van der Waals surface area contributed by atoms with Gasteiger partial charge in [0.05, 0.1) is 0 Å². The van der Waals surface area contributed by atoms with Crippen molar-refractivity contribution in [1.29, 1.82) is 0 Å². The standard InChI is InChI=1S/C18H28N2O2/c1-4-17(21)20-16(18(22)19-13-12-14(2)3)11-10-15-8-6-5-7-9-15/h5-9,14,16H,4,10-13H2,1-3H3,(H,19,22)(H,20,21)/t16-/m0/s1. The van der Waals surface area contributed by atoms with Crippen molar-refractivity contribution in [3.8, 4) is 0 Å². The van der Waals surface area contributed by atoms with E-state index in [0.29, 0.717) is 25.3 Å². The Kier molecular flexibility index (Phi) is 8.26. The molecular formula is C18H28N2O2. The Labute approximate surface area is 133 Å². The van der Waals surface area contributed by atoms with Gasteiger partial charge >= 0.3 is 0 Å². The SMILES string of the molecule is CCC(=O)N[C@@H](CCc1ccccc1)C(=O)NCCC(C)C. The van der Waals surface area contributed by atoms with Gasteiger partial charge in [0.1, 0.15) is 6.04 Å². The Balaban J connectivity index is 2.54. The summed E-state index contributed by atoms with van der Waals surface area (Å²) in [6.45, 7) is 6.69. The summed E-state index contributed by atoms with van der Waals surface area (Å²) in [6.07, 6.45) is 2.72. The lowest BCUT2D eigenvalue weighted by Crippen LogP contribution is -2.47. The lowest BCUT2D eigenvalue weighted by atomic mass is 10.0. The number of rotatable bonds is 9. The summed E-state index contributed by atoms with van der Waals surface area (Å²) in [5.74, 6) is 0.378. The maximum absolute atomic E-state index is 12.3. The van der Waals surface area contributed by atoms with Crippen molar-refractivity contribution < 1.29 is 9.59 Å². The molecule has 0 aliphatic heterocycles. The zero-order valence-electron chi connectivity index (χ0n) is 13.9. The van der Waals surface area contributed by atoms with Gasteiger partial charge in [-0.3, -0.25) is 9.59 Å². The third-order valence-corrected chi connectivity index (χ3v) is 3.56. The molecule has 0 aromatic heterocycles. The molecule has 122 valence electrons. The van der Waals surface area contributed by atoms with Crippen molar-refractivity contribution >= 4 is 11.8 Å². The average molecular weight is 304 g/mol. The molecule has 1 rings (SSSR count). The van der Waals surface area contributed by atoms with Crippen molar-refractivity contribution in [3.63, 3.8) is 0 Å². The minimum Gasteiger partial charge on any atom is -0.354 e. The number of carbonyl (C=O) groups excluding carboxylic acids is 2. The smallest absolute Gasteiger partial charge is 0.242 e. The first-order valence-corrected chi connectivity index (χ1v) is 8.14. The fraction of sp³-hybridized carbons (Fsp3) is 0.556. The van der Waals surface area contributed by atoms with Gasteiger partial charge in [0.25, 0.3) is 0 Å². The van der Waals surface area contributed by atoms with E-state index in [0.717, 1.165) is 12.8 Å². The molecule has 0 fully saturated rings. The van der Waals surface area contributed by atoms with Crippen LogP contribution in [0, 0.1) is 5.92 Å². The second-order valence-electron chi connectivity index (χ2n) is 5.97. The molecule has 4 heteroatoms. The van der Waals surface area contributed by atoms with Gasteiger partial charge in [-0.1, -0.05) is 51.1 Å². The first-order chi connectivity index (χ1) is 10.5. The predicted molar refractivity (Wildman–Crippen MR) is 89.4 cm³/mol. The van der Waals surface area contributed by atoms with Gasteiger partial charge in [0.2, 0.25) is 11.8 Å². The summed E-state index contributed by atoms with van der Waals surface area (Å²) < 4.78 is 0. The minimum absolute atomic E-state index is 0.0848. The van der Waals surface area contributed by atoms with Gasteiger partial charge in [-0.15, -0.1) is 0 Å². The molecule has 1 aromatic carbocycles. The number of benzene rings is 1. The van der Waals surface area contributed by atoms with Gasteiger partial charge < -0.3 is 10.6 Å².